The van der Waals surface area contributed by atoms with Gasteiger partial charge in [-0.2, -0.15) is 0 Å². The molecule has 29 heavy (non-hydrogen) atoms. The largest absolute Gasteiger partial charge is 0.493 e. The summed E-state index contributed by atoms with van der Waals surface area (Å²) in [6.07, 6.45) is 1.84. The molecule has 1 aliphatic heterocycles. The zero-order chi connectivity index (χ0) is 19.9. The average Bonchev–Trinajstić information content (AvgIpc) is 2.74. The van der Waals surface area contributed by atoms with E-state index in [1.807, 2.05) is 37.5 Å². The fraction of sp³-hybridized carbons (Fsp3) is 0.400. The Hall–Kier alpha value is -1.75. The van der Waals surface area contributed by atoms with Crippen molar-refractivity contribution in [3.63, 3.8) is 0 Å². The van der Waals surface area contributed by atoms with Crippen LogP contribution in [0.2, 0.25) is 0 Å². The number of pyridine rings is 1. The average molecular weight is 576 g/mol. The summed E-state index contributed by atoms with van der Waals surface area (Å²) in [4.78, 5) is 13.5. The molecule has 158 valence electrons. The van der Waals surface area contributed by atoms with Crippen molar-refractivity contribution in [2.24, 2.45) is 4.99 Å². The van der Waals surface area contributed by atoms with Crippen molar-refractivity contribution in [2.75, 3.05) is 52.3 Å². The van der Waals surface area contributed by atoms with Gasteiger partial charge in [0.1, 0.15) is 5.82 Å². The van der Waals surface area contributed by atoms with E-state index in [0.29, 0.717) is 18.0 Å². The van der Waals surface area contributed by atoms with Gasteiger partial charge in [-0.1, -0.05) is 6.07 Å². The molecule has 1 saturated heterocycles. The molecule has 2 aromatic rings. The number of guanidine groups is 1. The van der Waals surface area contributed by atoms with Gasteiger partial charge in [0.05, 0.1) is 18.7 Å². The minimum Gasteiger partial charge on any atom is -0.493 e. The number of aliphatic imine (C=N–C) groups is 1. The number of halogens is 2. The van der Waals surface area contributed by atoms with Crippen LogP contribution in [0, 0.1) is 0 Å². The second-order valence-electron chi connectivity index (χ2n) is 6.38. The lowest BCUT2D eigenvalue weighted by molar-refractivity contribution is 0.352. The minimum absolute atomic E-state index is 0. The van der Waals surface area contributed by atoms with Crippen molar-refractivity contribution in [2.45, 2.75) is 6.54 Å². The maximum atomic E-state index is 5.43. The first-order chi connectivity index (χ1) is 13.7. The Kier molecular flexibility index (Phi) is 9.28. The molecule has 1 fully saturated rings. The molecular weight excluding hydrogens is 549 g/mol. The molecule has 0 amide bonds. The molecule has 9 heteroatoms. The maximum absolute atomic E-state index is 5.43. The Labute approximate surface area is 197 Å². The van der Waals surface area contributed by atoms with Crippen LogP contribution in [0.15, 0.2) is 46.0 Å². The Morgan fingerprint density at radius 1 is 1.17 bits per heavy atom. The topological polar surface area (TPSA) is 62.2 Å². The Balaban J connectivity index is 0.00000300. The standard InChI is InChI=1S/C20H26BrN5O2.HI/c1-22-20(24-14-15-12-16(21)19(28-3)17(13-15)27-2)26-10-8-25(9-11-26)18-6-4-5-7-23-18;/h4-7,12-13H,8-11,14H2,1-3H3,(H,22,24);1H. The zero-order valence-electron chi connectivity index (χ0n) is 16.9. The monoisotopic (exact) mass is 575 g/mol. The number of hydrogen-bond acceptors (Lipinski definition) is 5. The highest BCUT2D eigenvalue weighted by Crippen LogP contribution is 2.36. The van der Waals surface area contributed by atoms with Gasteiger partial charge >= 0.3 is 0 Å². The second-order valence-corrected chi connectivity index (χ2v) is 7.23. The van der Waals surface area contributed by atoms with E-state index in [1.54, 1.807) is 14.2 Å². The lowest BCUT2D eigenvalue weighted by Crippen LogP contribution is -2.52. The van der Waals surface area contributed by atoms with Crippen molar-refractivity contribution >= 4 is 51.7 Å². The van der Waals surface area contributed by atoms with Gasteiger partial charge < -0.3 is 24.6 Å². The molecule has 7 nitrogen and oxygen atoms in total. The van der Waals surface area contributed by atoms with E-state index >= 15 is 0 Å². The Morgan fingerprint density at radius 2 is 1.93 bits per heavy atom. The number of ether oxygens (including phenoxy) is 2. The van der Waals surface area contributed by atoms with Crippen LogP contribution in [-0.2, 0) is 6.54 Å². The summed E-state index contributed by atoms with van der Waals surface area (Å²) in [5, 5.41) is 3.45. The van der Waals surface area contributed by atoms with Crippen molar-refractivity contribution in [3.8, 4) is 11.5 Å². The SMILES string of the molecule is CN=C(NCc1cc(Br)c(OC)c(OC)c1)N1CCN(c2ccccn2)CC1.I. The quantitative estimate of drug-likeness (QED) is 0.335. The van der Waals surface area contributed by atoms with Crippen LogP contribution in [-0.4, -0.2) is 63.3 Å². The second kappa shape index (κ2) is 11.4. The van der Waals surface area contributed by atoms with Crippen molar-refractivity contribution in [1.82, 2.24) is 15.2 Å². The van der Waals surface area contributed by atoms with Gasteiger partial charge in [0.2, 0.25) is 0 Å². The summed E-state index contributed by atoms with van der Waals surface area (Å²) in [5.41, 5.74) is 1.08. The molecule has 0 bridgehead atoms. The van der Waals surface area contributed by atoms with E-state index in [1.165, 1.54) is 0 Å². The lowest BCUT2D eigenvalue weighted by Gasteiger charge is -2.37. The summed E-state index contributed by atoms with van der Waals surface area (Å²) in [7, 11) is 5.09. The van der Waals surface area contributed by atoms with Gasteiger partial charge in [-0.05, 0) is 45.8 Å². The zero-order valence-corrected chi connectivity index (χ0v) is 20.8. The molecule has 3 rings (SSSR count). The van der Waals surface area contributed by atoms with Crippen LogP contribution in [0.25, 0.3) is 0 Å². The van der Waals surface area contributed by atoms with Gasteiger partial charge in [0, 0.05) is 46.0 Å². The van der Waals surface area contributed by atoms with Crippen LogP contribution >= 0.6 is 39.9 Å². The number of hydrogen-bond donors (Lipinski definition) is 1. The molecule has 0 aliphatic carbocycles. The minimum atomic E-state index is 0. The number of methoxy groups -OCH3 is 2. The molecule has 1 aromatic carbocycles. The van der Waals surface area contributed by atoms with Gasteiger partial charge in [-0.25, -0.2) is 4.98 Å². The molecule has 1 N–H and O–H groups in total. The van der Waals surface area contributed by atoms with Crippen LogP contribution in [0.5, 0.6) is 11.5 Å². The molecule has 1 aromatic heterocycles. The molecule has 2 heterocycles. The summed E-state index contributed by atoms with van der Waals surface area (Å²) >= 11 is 3.54. The number of piperazine rings is 1. The van der Waals surface area contributed by atoms with E-state index in [-0.39, 0.29) is 24.0 Å². The van der Waals surface area contributed by atoms with Crippen molar-refractivity contribution < 1.29 is 9.47 Å². The summed E-state index contributed by atoms with van der Waals surface area (Å²) in [5.74, 6) is 3.32. The van der Waals surface area contributed by atoms with E-state index in [0.717, 1.165) is 48.0 Å². The third-order valence-corrected chi connectivity index (χ3v) is 5.30. The molecule has 0 atom stereocenters. The highest BCUT2D eigenvalue weighted by Gasteiger charge is 2.20. The molecule has 0 saturated carbocycles. The first-order valence-corrected chi connectivity index (χ1v) is 9.97. The molecule has 0 radical (unpaired) electrons. The third kappa shape index (κ3) is 5.88. The van der Waals surface area contributed by atoms with Gasteiger partial charge in [0.25, 0.3) is 0 Å². The summed E-state index contributed by atoms with van der Waals surface area (Å²) in [6, 6.07) is 10.0. The van der Waals surface area contributed by atoms with Crippen LogP contribution in [0.4, 0.5) is 5.82 Å². The predicted molar refractivity (Wildman–Crippen MR) is 131 cm³/mol. The Morgan fingerprint density at radius 3 is 2.52 bits per heavy atom. The van der Waals surface area contributed by atoms with Crippen molar-refractivity contribution in [1.29, 1.82) is 0 Å². The molecule has 1 aliphatic rings. The fourth-order valence-corrected chi connectivity index (χ4v) is 3.93. The lowest BCUT2D eigenvalue weighted by atomic mass is 10.2. The summed E-state index contributed by atoms with van der Waals surface area (Å²) in [6.45, 7) is 4.27. The van der Waals surface area contributed by atoms with E-state index in [2.05, 4.69) is 47.1 Å². The third-order valence-electron chi connectivity index (χ3n) is 4.71. The normalized spacial score (nSPS) is 14.3. The van der Waals surface area contributed by atoms with E-state index < -0.39 is 0 Å². The first-order valence-electron chi connectivity index (χ1n) is 9.18. The van der Waals surface area contributed by atoms with Crippen molar-refractivity contribution in [3.05, 3.63) is 46.6 Å². The first kappa shape index (κ1) is 23.5. The summed E-state index contributed by atoms with van der Waals surface area (Å²) < 4.78 is 11.7. The van der Waals surface area contributed by atoms with Crippen LogP contribution in [0.1, 0.15) is 5.56 Å². The van der Waals surface area contributed by atoms with Gasteiger partial charge in [0.15, 0.2) is 17.5 Å². The molecule has 0 unspecified atom stereocenters. The number of nitrogens with zero attached hydrogens (tertiary/aromatic N) is 4. The van der Waals surface area contributed by atoms with Gasteiger partial charge in [-0.15, -0.1) is 24.0 Å². The molecule has 0 spiro atoms. The number of nitrogens with one attached hydrogen (secondary N) is 1. The molecular formula is C20H27BrIN5O2. The maximum Gasteiger partial charge on any atom is 0.194 e. The van der Waals surface area contributed by atoms with Gasteiger partial charge in [-0.3, -0.25) is 4.99 Å². The predicted octanol–water partition coefficient (Wildman–Crippen LogP) is 3.38. The van der Waals surface area contributed by atoms with E-state index in [9.17, 15) is 0 Å². The highest BCUT2D eigenvalue weighted by molar-refractivity contribution is 14.0. The smallest absolute Gasteiger partial charge is 0.194 e. The number of aromatic nitrogens is 1. The van der Waals surface area contributed by atoms with Crippen LogP contribution < -0.4 is 19.7 Å². The highest BCUT2D eigenvalue weighted by atomic mass is 127. The van der Waals surface area contributed by atoms with Crippen LogP contribution in [0.3, 0.4) is 0 Å². The number of benzene rings is 1. The number of rotatable bonds is 5. The number of anilines is 1. The van der Waals surface area contributed by atoms with E-state index in [4.69, 9.17) is 9.47 Å². The Bertz CT molecular complexity index is 814. The fourth-order valence-electron chi connectivity index (χ4n) is 3.27.